The molecular formula is C29H34O10. The van der Waals surface area contributed by atoms with Gasteiger partial charge >= 0.3 is 11.9 Å². The van der Waals surface area contributed by atoms with Crippen molar-refractivity contribution in [2.45, 2.75) is 102 Å². The first-order chi connectivity index (χ1) is 18.3. The van der Waals surface area contributed by atoms with Gasteiger partial charge in [0, 0.05) is 43.4 Å². The number of carbonyl (C=O) groups excluding carboxylic acids is 4. The second-order valence-electron chi connectivity index (χ2n) is 13.1. The molecule has 6 fully saturated rings. The molecule has 3 aliphatic heterocycles. The summed E-state index contributed by atoms with van der Waals surface area (Å²) in [5, 5.41) is 0. The molecule has 4 heterocycles. The van der Waals surface area contributed by atoms with Crippen LogP contribution in [0.5, 0.6) is 0 Å². The minimum absolute atomic E-state index is 0.0524. The van der Waals surface area contributed by atoms with E-state index >= 15 is 0 Å². The predicted octanol–water partition coefficient (Wildman–Crippen LogP) is 2.51. The molecule has 11 unspecified atom stereocenters. The average molecular weight is 543 g/mol. The smallest absolute Gasteiger partial charge is 0.303 e. The van der Waals surface area contributed by atoms with Gasteiger partial charge in [-0.25, -0.2) is 0 Å². The van der Waals surface area contributed by atoms with Crippen molar-refractivity contribution in [3.05, 3.63) is 24.2 Å². The molecule has 210 valence electrons. The number of ketones is 2. The van der Waals surface area contributed by atoms with Gasteiger partial charge in [-0.3, -0.25) is 19.2 Å². The van der Waals surface area contributed by atoms with Crippen molar-refractivity contribution in [1.29, 1.82) is 0 Å². The van der Waals surface area contributed by atoms with Crippen LogP contribution in [0.1, 0.15) is 65.9 Å². The summed E-state index contributed by atoms with van der Waals surface area (Å²) in [6, 6.07) is 1.87. The summed E-state index contributed by atoms with van der Waals surface area (Å²) in [5.74, 6) is -2.95. The highest BCUT2D eigenvalue weighted by Gasteiger charge is 2.94. The molecule has 10 nitrogen and oxygen atoms in total. The summed E-state index contributed by atoms with van der Waals surface area (Å²) >= 11 is 0. The van der Waals surface area contributed by atoms with E-state index < -0.39 is 69.7 Å². The Bertz CT molecular complexity index is 1300. The highest BCUT2D eigenvalue weighted by Crippen LogP contribution is 2.82. The van der Waals surface area contributed by atoms with Crippen LogP contribution in [0.4, 0.5) is 0 Å². The Morgan fingerprint density at radius 2 is 1.74 bits per heavy atom. The van der Waals surface area contributed by atoms with Gasteiger partial charge in [0.25, 0.3) is 0 Å². The van der Waals surface area contributed by atoms with Crippen LogP contribution in [-0.4, -0.2) is 71.3 Å². The molecule has 10 heteroatoms. The molecule has 0 amide bonds. The summed E-state index contributed by atoms with van der Waals surface area (Å²) in [6.45, 7) is 10.00. The van der Waals surface area contributed by atoms with Crippen LogP contribution in [0, 0.1) is 22.7 Å². The SMILES string of the molecule is CC(=O)OC1C2C34OCC(=O)C3OC(C)(C)C4CC(=O)C2(C)C23OC2CC(c2ccoc2)C3(C)C1OC(C)=O. The number of esters is 2. The van der Waals surface area contributed by atoms with E-state index in [2.05, 4.69) is 0 Å². The van der Waals surface area contributed by atoms with Crippen LogP contribution in [-0.2, 0) is 42.9 Å². The number of fused-ring (bicyclic) bond motifs is 1. The monoisotopic (exact) mass is 542 g/mol. The van der Waals surface area contributed by atoms with E-state index in [-0.39, 0.29) is 36.6 Å². The molecule has 1 aromatic rings. The topological polar surface area (TPSA) is 131 Å². The third-order valence-corrected chi connectivity index (χ3v) is 11.3. The van der Waals surface area contributed by atoms with E-state index in [1.807, 2.05) is 33.8 Å². The first-order valence-electron chi connectivity index (χ1n) is 13.7. The van der Waals surface area contributed by atoms with Gasteiger partial charge in [0.15, 0.2) is 5.78 Å². The van der Waals surface area contributed by atoms with Crippen molar-refractivity contribution in [2.24, 2.45) is 22.7 Å². The van der Waals surface area contributed by atoms with Gasteiger partial charge in [-0.2, -0.15) is 0 Å². The number of ether oxygens (including phenoxy) is 5. The number of hydrogen-bond acceptors (Lipinski definition) is 10. The minimum Gasteiger partial charge on any atom is -0.472 e. The molecule has 7 rings (SSSR count). The summed E-state index contributed by atoms with van der Waals surface area (Å²) < 4.78 is 37.1. The van der Waals surface area contributed by atoms with Crippen LogP contribution >= 0.6 is 0 Å². The van der Waals surface area contributed by atoms with Gasteiger partial charge in [0.2, 0.25) is 0 Å². The Kier molecular flexibility index (Phi) is 4.81. The van der Waals surface area contributed by atoms with Gasteiger partial charge in [0.05, 0.1) is 29.6 Å². The van der Waals surface area contributed by atoms with Crippen LogP contribution in [0.25, 0.3) is 0 Å². The molecule has 11 atom stereocenters. The number of carbonyl (C=O) groups is 4. The Morgan fingerprint density at radius 1 is 1.03 bits per heavy atom. The molecule has 1 aromatic heterocycles. The fraction of sp³-hybridized carbons (Fsp3) is 0.724. The number of rotatable bonds is 3. The van der Waals surface area contributed by atoms with Gasteiger partial charge in [-0.15, -0.1) is 0 Å². The Labute approximate surface area is 226 Å². The summed E-state index contributed by atoms with van der Waals surface area (Å²) in [5.41, 5.74) is -4.47. The highest BCUT2D eigenvalue weighted by atomic mass is 16.6. The number of Topliss-reactive ketones (excluding diaryl/α,β-unsaturated/α-hetero) is 2. The first kappa shape index (κ1) is 25.4. The van der Waals surface area contributed by atoms with E-state index in [9.17, 15) is 19.2 Å². The maximum atomic E-state index is 14.6. The zero-order chi connectivity index (χ0) is 27.9. The molecular weight excluding hydrogens is 508 g/mol. The van der Waals surface area contributed by atoms with Crippen molar-refractivity contribution >= 4 is 23.5 Å². The molecule has 0 radical (unpaired) electrons. The van der Waals surface area contributed by atoms with Crippen molar-refractivity contribution in [3.8, 4) is 0 Å². The number of furan rings is 1. The van der Waals surface area contributed by atoms with Crippen molar-refractivity contribution < 1.29 is 47.3 Å². The van der Waals surface area contributed by atoms with Crippen LogP contribution in [0.2, 0.25) is 0 Å². The number of hydrogen-bond donors (Lipinski definition) is 0. The second kappa shape index (κ2) is 7.39. The highest BCUT2D eigenvalue weighted by molar-refractivity contribution is 5.94. The Hall–Kier alpha value is -2.56. The second-order valence-corrected chi connectivity index (χ2v) is 13.1. The summed E-state index contributed by atoms with van der Waals surface area (Å²) in [6.07, 6.45) is 0.592. The van der Waals surface area contributed by atoms with Gasteiger partial charge in [-0.1, -0.05) is 6.92 Å². The van der Waals surface area contributed by atoms with Crippen molar-refractivity contribution in [3.63, 3.8) is 0 Å². The molecule has 0 bridgehead atoms. The van der Waals surface area contributed by atoms with E-state index in [1.165, 1.54) is 13.8 Å². The first-order valence-corrected chi connectivity index (χ1v) is 13.7. The largest absolute Gasteiger partial charge is 0.472 e. The van der Waals surface area contributed by atoms with Gasteiger partial charge in [-0.05, 0) is 38.8 Å². The van der Waals surface area contributed by atoms with Crippen LogP contribution in [0.3, 0.4) is 0 Å². The lowest BCUT2D eigenvalue weighted by atomic mass is 9.39. The molecule has 0 aromatic carbocycles. The maximum absolute atomic E-state index is 14.6. The van der Waals surface area contributed by atoms with Crippen molar-refractivity contribution in [1.82, 2.24) is 0 Å². The standard InChI is InChI=1S/C29H34O10/c1-13(30)36-21-22-27(6,19(33)10-18-25(3,4)39-23-17(32)12-35-28(18,22)23)29-20(38-29)9-16(15-7-8-34-11-15)26(29,5)24(21)37-14(2)31/h7-8,11,16,18,20-24H,9-10,12H2,1-6H3. The fourth-order valence-electron chi connectivity index (χ4n) is 10.1. The molecule has 6 aliphatic rings. The third kappa shape index (κ3) is 2.64. The lowest BCUT2D eigenvalue weighted by Gasteiger charge is -2.65. The quantitative estimate of drug-likeness (QED) is 0.415. The fourth-order valence-corrected chi connectivity index (χ4v) is 10.1. The van der Waals surface area contributed by atoms with Crippen molar-refractivity contribution in [2.75, 3.05) is 6.61 Å². The van der Waals surface area contributed by atoms with E-state index in [1.54, 1.807) is 12.5 Å². The molecule has 39 heavy (non-hydrogen) atoms. The lowest BCUT2D eigenvalue weighted by molar-refractivity contribution is -0.278. The zero-order valence-electron chi connectivity index (χ0n) is 23.0. The van der Waals surface area contributed by atoms with E-state index in [0.717, 1.165) is 5.56 Å². The Balaban J connectivity index is 1.52. The average Bonchev–Trinajstić information content (AvgIpc) is 3.12. The minimum atomic E-state index is -1.26. The molecule has 3 saturated carbocycles. The molecule has 3 saturated heterocycles. The third-order valence-electron chi connectivity index (χ3n) is 11.3. The Morgan fingerprint density at radius 3 is 2.38 bits per heavy atom. The van der Waals surface area contributed by atoms with E-state index in [0.29, 0.717) is 6.42 Å². The lowest BCUT2D eigenvalue weighted by Crippen LogP contribution is -2.79. The molecule has 0 N–H and O–H groups in total. The molecule has 3 aliphatic carbocycles. The maximum Gasteiger partial charge on any atom is 0.303 e. The summed E-state index contributed by atoms with van der Waals surface area (Å²) in [7, 11) is 0. The molecule has 2 spiro atoms. The summed E-state index contributed by atoms with van der Waals surface area (Å²) in [4.78, 5) is 53.3. The van der Waals surface area contributed by atoms with E-state index in [4.69, 9.17) is 28.1 Å². The van der Waals surface area contributed by atoms with Gasteiger partial charge < -0.3 is 28.1 Å². The van der Waals surface area contributed by atoms with Gasteiger partial charge in [0.1, 0.15) is 41.9 Å². The normalized spacial score (nSPS) is 50.4. The van der Waals surface area contributed by atoms with Crippen LogP contribution < -0.4 is 0 Å². The van der Waals surface area contributed by atoms with Crippen LogP contribution in [0.15, 0.2) is 23.0 Å². The predicted molar refractivity (Wildman–Crippen MR) is 130 cm³/mol. The number of epoxide rings is 1. The zero-order valence-corrected chi connectivity index (χ0v) is 23.0.